The van der Waals surface area contributed by atoms with Gasteiger partial charge in [0.1, 0.15) is 5.84 Å². The van der Waals surface area contributed by atoms with Crippen LogP contribution in [0, 0.1) is 5.41 Å². The molecule has 2 aromatic rings. The van der Waals surface area contributed by atoms with E-state index in [0.717, 1.165) is 0 Å². The molecule has 2 rings (SSSR count). The zero-order valence-corrected chi connectivity index (χ0v) is 11.1. The number of nitrogens with zero attached hydrogens (tertiary/aromatic N) is 3. The summed E-state index contributed by atoms with van der Waals surface area (Å²) in [5.41, 5.74) is 6.17. The molecule has 0 radical (unpaired) electrons. The van der Waals surface area contributed by atoms with E-state index >= 15 is 0 Å². The van der Waals surface area contributed by atoms with Crippen molar-refractivity contribution in [2.45, 2.75) is 13.0 Å². The summed E-state index contributed by atoms with van der Waals surface area (Å²) in [6.07, 6.45) is 1.55. The largest absolute Gasteiger partial charge is 0.384 e. The van der Waals surface area contributed by atoms with Crippen LogP contribution in [0.15, 0.2) is 29.8 Å². The first-order valence-corrected chi connectivity index (χ1v) is 6.41. The molecule has 0 aliphatic heterocycles. The zero-order chi connectivity index (χ0) is 13.1. The fourth-order valence-electron chi connectivity index (χ4n) is 1.70. The van der Waals surface area contributed by atoms with E-state index in [4.69, 9.17) is 11.1 Å². The van der Waals surface area contributed by atoms with E-state index in [0.29, 0.717) is 11.4 Å². The normalized spacial score (nSPS) is 12.1. The van der Waals surface area contributed by atoms with Gasteiger partial charge in [0.25, 0.3) is 0 Å². The quantitative estimate of drug-likeness (QED) is 0.652. The smallest absolute Gasteiger partial charge is 0.162 e. The lowest BCUT2D eigenvalue weighted by molar-refractivity contribution is 0.731. The average molecular weight is 261 g/mol. The van der Waals surface area contributed by atoms with Crippen molar-refractivity contribution in [2.24, 2.45) is 5.73 Å². The number of hydrogen-bond acceptors (Lipinski definition) is 5. The SMILES string of the molecule is CC(c1cccs1)N(C)c1nnccc1C(=N)N. The predicted molar refractivity (Wildman–Crippen MR) is 74.2 cm³/mol. The van der Waals surface area contributed by atoms with Crippen LogP contribution in [0.2, 0.25) is 0 Å². The Hall–Kier alpha value is -1.95. The molecule has 2 aromatic heterocycles. The molecule has 0 aliphatic carbocycles. The maximum atomic E-state index is 7.57. The molecule has 1 unspecified atom stereocenters. The van der Waals surface area contributed by atoms with Crippen LogP contribution >= 0.6 is 11.3 Å². The summed E-state index contributed by atoms with van der Waals surface area (Å²) in [5, 5.41) is 17.6. The Kier molecular flexibility index (Phi) is 3.57. The summed E-state index contributed by atoms with van der Waals surface area (Å²) < 4.78 is 0. The number of anilines is 1. The molecular formula is C12H15N5S. The fourth-order valence-corrected chi connectivity index (χ4v) is 2.52. The monoisotopic (exact) mass is 261 g/mol. The van der Waals surface area contributed by atoms with Crippen LogP contribution in [0.1, 0.15) is 23.4 Å². The molecule has 0 aromatic carbocycles. The molecule has 5 nitrogen and oxygen atoms in total. The van der Waals surface area contributed by atoms with Crippen molar-refractivity contribution < 1.29 is 0 Å². The van der Waals surface area contributed by atoms with E-state index in [2.05, 4.69) is 23.2 Å². The molecule has 3 N–H and O–H groups in total. The molecule has 0 spiro atoms. The third-order valence-corrected chi connectivity index (χ3v) is 3.90. The highest BCUT2D eigenvalue weighted by atomic mass is 32.1. The molecule has 1 atom stereocenters. The van der Waals surface area contributed by atoms with Crippen molar-refractivity contribution in [2.75, 3.05) is 11.9 Å². The van der Waals surface area contributed by atoms with Crippen molar-refractivity contribution >= 4 is 23.0 Å². The van der Waals surface area contributed by atoms with Gasteiger partial charge in [-0.25, -0.2) is 0 Å². The first-order valence-electron chi connectivity index (χ1n) is 5.53. The molecule has 0 bridgehead atoms. The molecule has 0 amide bonds. The fraction of sp³-hybridized carbons (Fsp3) is 0.250. The zero-order valence-electron chi connectivity index (χ0n) is 10.3. The minimum absolute atomic E-state index is 0.00475. The van der Waals surface area contributed by atoms with Crippen molar-refractivity contribution in [3.05, 3.63) is 40.2 Å². The van der Waals surface area contributed by atoms with Gasteiger partial charge in [0.15, 0.2) is 5.82 Å². The number of nitrogens with two attached hydrogens (primary N) is 1. The highest BCUT2D eigenvalue weighted by molar-refractivity contribution is 7.10. The molecule has 2 heterocycles. The second kappa shape index (κ2) is 5.14. The van der Waals surface area contributed by atoms with Crippen LogP contribution in [-0.4, -0.2) is 23.1 Å². The Morgan fingerprint density at radius 3 is 2.89 bits per heavy atom. The molecule has 94 valence electrons. The second-order valence-corrected chi connectivity index (χ2v) is 4.96. The van der Waals surface area contributed by atoms with Crippen LogP contribution in [0.25, 0.3) is 0 Å². The Labute approximate surface area is 110 Å². The average Bonchev–Trinajstić information content (AvgIpc) is 2.90. The molecule has 0 saturated carbocycles. The van der Waals surface area contributed by atoms with Crippen molar-refractivity contribution in [3.8, 4) is 0 Å². The topological polar surface area (TPSA) is 78.9 Å². The van der Waals surface area contributed by atoms with Gasteiger partial charge >= 0.3 is 0 Å². The first-order chi connectivity index (χ1) is 8.61. The van der Waals surface area contributed by atoms with Gasteiger partial charge in [-0.3, -0.25) is 5.41 Å². The van der Waals surface area contributed by atoms with Crippen LogP contribution in [-0.2, 0) is 0 Å². The van der Waals surface area contributed by atoms with Crippen molar-refractivity contribution in [3.63, 3.8) is 0 Å². The third kappa shape index (κ3) is 2.33. The summed E-state index contributed by atoms with van der Waals surface area (Å²) in [6.45, 7) is 2.09. The first kappa shape index (κ1) is 12.5. The molecule has 0 aliphatic rings. The number of amidine groups is 1. The number of nitrogen functional groups attached to an aromatic ring is 1. The van der Waals surface area contributed by atoms with E-state index in [1.54, 1.807) is 23.6 Å². The predicted octanol–water partition coefficient (Wildman–Crippen LogP) is 2.02. The van der Waals surface area contributed by atoms with E-state index in [9.17, 15) is 0 Å². The molecule has 0 fully saturated rings. The Morgan fingerprint density at radius 1 is 1.50 bits per heavy atom. The Morgan fingerprint density at radius 2 is 2.28 bits per heavy atom. The number of rotatable bonds is 4. The maximum Gasteiger partial charge on any atom is 0.162 e. The minimum atomic E-state index is 0.00475. The summed E-state index contributed by atoms with van der Waals surface area (Å²) in [5.74, 6) is 0.635. The van der Waals surface area contributed by atoms with Gasteiger partial charge < -0.3 is 10.6 Å². The third-order valence-electron chi connectivity index (χ3n) is 2.86. The van der Waals surface area contributed by atoms with Crippen LogP contribution in [0.3, 0.4) is 0 Å². The minimum Gasteiger partial charge on any atom is -0.384 e. The Bertz CT molecular complexity index is 537. The standard InChI is InChI=1S/C12H15N5S/c1-8(10-4-3-7-18-10)17(2)12-9(11(13)14)5-6-15-16-12/h3-8H,1-2H3,(H3,13,14). The van der Waals surface area contributed by atoms with Gasteiger partial charge in [0.2, 0.25) is 0 Å². The van der Waals surface area contributed by atoms with Crippen molar-refractivity contribution in [1.82, 2.24) is 10.2 Å². The van der Waals surface area contributed by atoms with Crippen LogP contribution in [0.4, 0.5) is 5.82 Å². The second-order valence-electron chi connectivity index (χ2n) is 3.98. The lowest BCUT2D eigenvalue weighted by Crippen LogP contribution is -2.26. The maximum absolute atomic E-state index is 7.57. The lowest BCUT2D eigenvalue weighted by Gasteiger charge is -2.26. The van der Waals surface area contributed by atoms with E-state index in [1.807, 2.05) is 23.4 Å². The van der Waals surface area contributed by atoms with Gasteiger partial charge in [-0.2, -0.15) is 5.10 Å². The number of hydrogen-bond donors (Lipinski definition) is 2. The van der Waals surface area contributed by atoms with Gasteiger partial charge in [-0.15, -0.1) is 16.4 Å². The van der Waals surface area contributed by atoms with E-state index in [-0.39, 0.29) is 11.9 Å². The summed E-state index contributed by atoms with van der Waals surface area (Å²) in [7, 11) is 1.93. The highest BCUT2D eigenvalue weighted by Gasteiger charge is 2.18. The van der Waals surface area contributed by atoms with Crippen molar-refractivity contribution in [1.29, 1.82) is 5.41 Å². The molecule has 6 heteroatoms. The van der Waals surface area contributed by atoms with Gasteiger partial charge in [-0.1, -0.05) is 6.07 Å². The van der Waals surface area contributed by atoms with Gasteiger partial charge in [0, 0.05) is 11.9 Å². The number of nitrogens with one attached hydrogen (secondary N) is 1. The van der Waals surface area contributed by atoms with E-state index < -0.39 is 0 Å². The Balaban J connectivity index is 2.34. The van der Waals surface area contributed by atoms with E-state index in [1.165, 1.54) is 4.88 Å². The summed E-state index contributed by atoms with van der Waals surface area (Å²) in [6, 6.07) is 5.98. The lowest BCUT2D eigenvalue weighted by atomic mass is 10.2. The number of thiophene rings is 1. The molecule has 0 saturated heterocycles. The highest BCUT2D eigenvalue weighted by Crippen LogP contribution is 2.28. The summed E-state index contributed by atoms with van der Waals surface area (Å²) in [4.78, 5) is 3.22. The molecule has 18 heavy (non-hydrogen) atoms. The summed E-state index contributed by atoms with van der Waals surface area (Å²) >= 11 is 1.69. The van der Waals surface area contributed by atoms with Crippen LogP contribution < -0.4 is 10.6 Å². The van der Waals surface area contributed by atoms with Crippen LogP contribution in [0.5, 0.6) is 0 Å². The van der Waals surface area contributed by atoms with Gasteiger partial charge in [-0.05, 0) is 24.4 Å². The number of aromatic nitrogens is 2. The molecular weight excluding hydrogens is 246 g/mol. The van der Waals surface area contributed by atoms with Gasteiger partial charge in [0.05, 0.1) is 17.8 Å².